The van der Waals surface area contributed by atoms with Crippen LogP contribution in [-0.2, 0) is 0 Å². The van der Waals surface area contributed by atoms with Crippen molar-refractivity contribution in [2.75, 3.05) is 5.43 Å². The Bertz CT molecular complexity index is 378. The Balaban J connectivity index is 2.12. The minimum absolute atomic E-state index is 0.374. The molecule has 0 saturated heterocycles. The van der Waals surface area contributed by atoms with Crippen molar-refractivity contribution in [2.45, 2.75) is 19.4 Å². The zero-order valence-corrected chi connectivity index (χ0v) is 8.93. The van der Waals surface area contributed by atoms with Crippen molar-refractivity contribution in [3.63, 3.8) is 0 Å². The zero-order valence-electron chi connectivity index (χ0n) is 8.93. The quantitative estimate of drug-likeness (QED) is 0.802. The van der Waals surface area contributed by atoms with Crippen LogP contribution in [-0.4, -0.2) is 4.68 Å². The van der Waals surface area contributed by atoms with Gasteiger partial charge in [-0.1, -0.05) is 37.3 Å². The van der Waals surface area contributed by atoms with Crippen molar-refractivity contribution < 1.29 is 0 Å². The molecule has 1 aromatic heterocycles. The van der Waals surface area contributed by atoms with Crippen LogP contribution >= 0.6 is 0 Å². The molecule has 0 fully saturated rings. The third-order valence-electron chi connectivity index (χ3n) is 2.52. The summed E-state index contributed by atoms with van der Waals surface area (Å²) in [4.78, 5) is 0. The summed E-state index contributed by atoms with van der Waals surface area (Å²) in [5, 5.41) is 0. The molecule has 1 aromatic carbocycles. The van der Waals surface area contributed by atoms with Gasteiger partial charge in [0.25, 0.3) is 0 Å². The summed E-state index contributed by atoms with van der Waals surface area (Å²) in [6.07, 6.45) is 5.11. The highest BCUT2D eigenvalue weighted by Crippen LogP contribution is 2.16. The second kappa shape index (κ2) is 4.69. The summed E-state index contributed by atoms with van der Waals surface area (Å²) >= 11 is 0. The molecule has 2 rings (SSSR count). The average molecular weight is 200 g/mol. The van der Waals surface area contributed by atoms with Crippen LogP contribution in [0.25, 0.3) is 0 Å². The molecule has 0 aliphatic carbocycles. The molecule has 1 unspecified atom stereocenters. The van der Waals surface area contributed by atoms with Gasteiger partial charge in [0.1, 0.15) is 0 Å². The van der Waals surface area contributed by atoms with Gasteiger partial charge in [-0.05, 0) is 24.1 Å². The summed E-state index contributed by atoms with van der Waals surface area (Å²) in [5.74, 6) is 0. The van der Waals surface area contributed by atoms with Crippen molar-refractivity contribution in [1.82, 2.24) is 4.68 Å². The van der Waals surface area contributed by atoms with Crippen LogP contribution in [0.4, 0.5) is 0 Å². The van der Waals surface area contributed by atoms with E-state index >= 15 is 0 Å². The Labute approximate surface area is 90.5 Å². The SMILES string of the molecule is CCC(Nn1cccc1)c1ccccc1. The molecule has 1 heterocycles. The number of nitrogens with zero attached hydrogens (tertiary/aromatic N) is 1. The molecular weight excluding hydrogens is 184 g/mol. The number of hydrogen-bond donors (Lipinski definition) is 1. The predicted molar refractivity (Wildman–Crippen MR) is 63.3 cm³/mol. The summed E-state index contributed by atoms with van der Waals surface area (Å²) in [6, 6.07) is 14.9. The Hall–Kier alpha value is -1.70. The molecule has 2 heteroatoms. The van der Waals surface area contributed by atoms with Crippen molar-refractivity contribution >= 4 is 0 Å². The van der Waals surface area contributed by atoms with Gasteiger partial charge >= 0.3 is 0 Å². The molecule has 0 spiro atoms. The van der Waals surface area contributed by atoms with Crippen LogP contribution in [0.5, 0.6) is 0 Å². The largest absolute Gasteiger partial charge is 0.319 e. The lowest BCUT2D eigenvalue weighted by molar-refractivity contribution is 0.653. The fraction of sp³-hybridized carbons (Fsp3) is 0.231. The minimum atomic E-state index is 0.374. The first kappa shape index (κ1) is 9.84. The Morgan fingerprint density at radius 2 is 1.73 bits per heavy atom. The lowest BCUT2D eigenvalue weighted by Gasteiger charge is -2.19. The van der Waals surface area contributed by atoms with Gasteiger partial charge in [0.2, 0.25) is 0 Å². The van der Waals surface area contributed by atoms with E-state index in [1.165, 1.54) is 5.56 Å². The molecule has 15 heavy (non-hydrogen) atoms. The molecule has 0 saturated carbocycles. The molecule has 1 N–H and O–H groups in total. The van der Waals surface area contributed by atoms with Crippen molar-refractivity contribution in [3.8, 4) is 0 Å². The van der Waals surface area contributed by atoms with Gasteiger partial charge in [0.05, 0.1) is 6.04 Å². The standard InChI is InChI=1S/C13H16N2/c1-2-13(12-8-4-3-5-9-12)14-15-10-6-7-11-15/h3-11,13-14H,2H2,1H3. The van der Waals surface area contributed by atoms with E-state index in [9.17, 15) is 0 Å². The lowest BCUT2D eigenvalue weighted by atomic mass is 10.1. The van der Waals surface area contributed by atoms with Gasteiger partial charge in [-0.15, -0.1) is 0 Å². The van der Waals surface area contributed by atoms with Gasteiger partial charge in [-0.25, -0.2) is 0 Å². The topological polar surface area (TPSA) is 17.0 Å². The van der Waals surface area contributed by atoms with E-state index in [-0.39, 0.29) is 0 Å². The maximum absolute atomic E-state index is 3.44. The highest BCUT2D eigenvalue weighted by molar-refractivity contribution is 5.21. The zero-order chi connectivity index (χ0) is 10.5. The van der Waals surface area contributed by atoms with Crippen LogP contribution in [0.2, 0.25) is 0 Å². The Morgan fingerprint density at radius 1 is 1.07 bits per heavy atom. The summed E-state index contributed by atoms with van der Waals surface area (Å²) in [7, 11) is 0. The van der Waals surface area contributed by atoms with Gasteiger partial charge in [-0.3, -0.25) is 4.68 Å². The van der Waals surface area contributed by atoms with Crippen molar-refractivity contribution in [3.05, 3.63) is 60.4 Å². The highest BCUT2D eigenvalue weighted by atomic mass is 15.4. The second-order valence-electron chi connectivity index (χ2n) is 3.59. The molecule has 0 aliphatic heterocycles. The van der Waals surface area contributed by atoms with Gasteiger partial charge < -0.3 is 5.43 Å². The van der Waals surface area contributed by atoms with Crippen LogP contribution in [0, 0.1) is 0 Å². The highest BCUT2D eigenvalue weighted by Gasteiger charge is 2.07. The van der Waals surface area contributed by atoms with E-state index in [0.29, 0.717) is 6.04 Å². The molecule has 0 bridgehead atoms. The normalized spacial score (nSPS) is 12.3. The first-order valence-electron chi connectivity index (χ1n) is 5.34. The van der Waals surface area contributed by atoms with Crippen LogP contribution in [0.15, 0.2) is 54.9 Å². The average Bonchev–Trinajstić information content (AvgIpc) is 2.80. The number of hydrogen-bond acceptors (Lipinski definition) is 1. The molecule has 2 nitrogen and oxygen atoms in total. The Kier molecular flexibility index (Phi) is 3.08. The maximum Gasteiger partial charge on any atom is 0.0671 e. The summed E-state index contributed by atoms with van der Waals surface area (Å²) < 4.78 is 2.00. The number of rotatable bonds is 4. The number of nitrogens with one attached hydrogen (secondary N) is 1. The molecular formula is C13H16N2. The molecule has 0 radical (unpaired) electrons. The lowest BCUT2D eigenvalue weighted by Crippen LogP contribution is -2.18. The van der Waals surface area contributed by atoms with Gasteiger partial charge in [0.15, 0.2) is 0 Å². The first-order chi connectivity index (χ1) is 7.40. The fourth-order valence-corrected chi connectivity index (χ4v) is 1.69. The number of benzene rings is 1. The molecule has 78 valence electrons. The van der Waals surface area contributed by atoms with Crippen LogP contribution in [0.1, 0.15) is 24.9 Å². The first-order valence-corrected chi connectivity index (χ1v) is 5.34. The molecule has 2 aromatic rings. The summed E-state index contributed by atoms with van der Waals surface area (Å²) in [5.41, 5.74) is 4.77. The van der Waals surface area contributed by atoms with Gasteiger partial charge in [-0.2, -0.15) is 0 Å². The van der Waals surface area contributed by atoms with Crippen molar-refractivity contribution in [1.29, 1.82) is 0 Å². The van der Waals surface area contributed by atoms with E-state index in [1.807, 2.05) is 35.3 Å². The van der Waals surface area contributed by atoms with Gasteiger partial charge in [0, 0.05) is 12.4 Å². The maximum atomic E-state index is 3.44. The molecule has 0 amide bonds. The minimum Gasteiger partial charge on any atom is -0.319 e. The van der Waals surface area contributed by atoms with E-state index in [0.717, 1.165) is 6.42 Å². The third-order valence-corrected chi connectivity index (χ3v) is 2.52. The monoisotopic (exact) mass is 200 g/mol. The van der Waals surface area contributed by atoms with Crippen LogP contribution < -0.4 is 5.43 Å². The summed E-state index contributed by atoms with van der Waals surface area (Å²) in [6.45, 7) is 2.19. The van der Waals surface area contributed by atoms with E-state index in [4.69, 9.17) is 0 Å². The fourth-order valence-electron chi connectivity index (χ4n) is 1.69. The van der Waals surface area contributed by atoms with E-state index in [2.05, 4.69) is 36.6 Å². The Morgan fingerprint density at radius 3 is 2.33 bits per heavy atom. The molecule has 1 atom stereocenters. The smallest absolute Gasteiger partial charge is 0.0671 e. The third kappa shape index (κ3) is 2.40. The van der Waals surface area contributed by atoms with Crippen LogP contribution in [0.3, 0.4) is 0 Å². The second-order valence-corrected chi connectivity index (χ2v) is 3.59. The van der Waals surface area contributed by atoms with E-state index < -0.39 is 0 Å². The predicted octanol–water partition coefficient (Wildman–Crippen LogP) is 3.18. The molecule has 0 aliphatic rings. The van der Waals surface area contributed by atoms with E-state index in [1.54, 1.807) is 0 Å². The van der Waals surface area contributed by atoms with Crippen molar-refractivity contribution in [2.24, 2.45) is 0 Å². The number of aromatic nitrogens is 1.